The molecule has 2 aliphatic rings. The molecule has 0 saturated carbocycles. The summed E-state index contributed by atoms with van der Waals surface area (Å²) >= 11 is 6.00. The van der Waals surface area contributed by atoms with Gasteiger partial charge < -0.3 is 9.64 Å². The normalized spacial score (nSPS) is 22.9. The van der Waals surface area contributed by atoms with Gasteiger partial charge in [-0.3, -0.25) is 4.79 Å². The van der Waals surface area contributed by atoms with Crippen LogP contribution in [-0.4, -0.2) is 30.1 Å². The number of amides is 1. The van der Waals surface area contributed by atoms with Gasteiger partial charge in [0.15, 0.2) is 0 Å². The predicted octanol–water partition coefficient (Wildman–Crippen LogP) is 2.40. The van der Waals surface area contributed by atoms with Gasteiger partial charge >= 0.3 is 0 Å². The average molecular weight is 266 g/mol. The number of ether oxygens (including phenoxy) is 1. The first kappa shape index (κ1) is 12.0. The van der Waals surface area contributed by atoms with Crippen LogP contribution in [0.4, 0.5) is 0 Å². The molecule has 2 heterocycles. The van der Waals surface area contributed by atoms with E-state index in [0.29, 0.717) is 13.2 Å². The van der Waals surface area contributed by atoms with Crippen LogP contribution in [0, 0.1) is 0 Å². The minimum absolute atomic E-state index is 0.137. The lowest BCUT2D eigenvalue weighted by Gasteiger charge is -2.30. The van der Waals surface area contributed by atoms with E-state index >= 15 is 0 Å². The molecular formula is C14H16ClNO2. The van der Waals surface area contributed by atoms with Gasteiger partial charge in [0.05, 0.1) is 0 Å². The van der Waals surface area contributed by atoms with Crippen LogP contribution >= 0.6 is 11.6 Å². The van der Waals surface area contributed by atoms with Crippen molar-refractivity contribution in [1.29, 1.82) is 0 Å². The topological polar surface area (TPSA) is 29.5 Å². The first-order chi connectivity index (χ1) is 8.74. The molecule has 3 rings (SSSR count). The van der Waals surface area contributed by atoms with E-state index in [0.717, 1.165) is 30.8 Å². The molecule has 0 radical (unpaired) electrons. The fourth-order valence-electron chi connectivity index (χ4n) is 2.69. The summed E-state index contributed by atoms with van der Waals surface area (Å²) in [6, 6.07) is 5.94. The zero-order valence-corrected chi connectivity index (χ0v) is 10.9. The summed E-state index contributed by atoms with van der Waals surface area (Å²) in [6.07, 6.45) is 2.54. The van der Waals surface area contributed by atoms with Crippen molar-refractivity contribution in [1.82, 2.24) is 4.90 Å². The molecule has 0 spiro atoms. The quantitative estimate of drug-likeness (QED) is 0.780. The van der Waals surface area contributed by atoms with E-state index in [-0.39, 0.29) is 12.0 Å². The van der Waals surface area contributed by atoms with Crippen LogP contribution in [0.2, 0.25) is 5.02 Å². The second-order valence-electron chi connectivity index (χ2n) is 4.92. The van der Waals surface area contributed by atoms with E-state index < -0.39 is 0 Å². The number of carbonyl (C=O) groups is 1. The van der Waals surface area contributed by atoms with Gasteiger partial charge in [-0.25, -0.2) is 0 Å². The van der Waals surface area contributed by atoms with Crippen LogP contribution in [-0.2, 0) is 22.5 Å². The van der Waals surface area contributed by atoms with Crippen molar-refractivity contribution in [3.8, 4) is 0 Å². The molecule has 4 heteroatoms. The molecule has 1 fully saturated rings. The van der Waals surface area contributed by atoms with Gasteiger partial charge in [-0.15, -0.1) is 0 Å². The second kappa shape index (κ2) is 4.90. The number of benzene rings is 1. The number of carbonyl (C=O) groups excluding carboxylic acids is 1. The Morgan fingerprint density at radius 1 is 1.39 bits per heavy atom. The molecule has 1 aromatic rings. The molecule has 1 amide bonds. The number of halogens is 1. The smallest absolute Gasteiger partial charge is 0.252 e. The second-order valence-corrected chi connectivity index (χ2v) is 5.36. The third kappa shape index (κ3) is 2.25. The third-order valence-electron chi connectivity index (χ3n) is 3.70. The number of hydrogen-bond acceptors (Lipinski definition) is 2. The summed E-state index contributed by atoms with van der Waals surface area (Å²) in [5.74, 6) is 0.137. The summed E-state index contributed by atoms with van der Waals surface area (Å²) in [5.41, 5.74) is 2.47. The van der Waals surface area contributed by atoms with Crippen molar-refractivity contribution in [3.63, 3.8) is 0 Å². The van der Waals surface area contributed by atoms with E-state index in [1.807, 2.05) is 17.0 Å². The van der Waals surface area contributed by atoms with Gasteiger partial charge in [0.25, 0.3) is 5.91 Å². The number of nitrogens with zero attached hydrogens (tertiary/aromatic N) is 1. The maximum absolute atomic E-state index is 12.3. The van der Waals surface area contributed by atoms with Crippen LogP contribution in [0.1, 0.15) is 24.0 Å². The minimum Gasteiger partial charge on any atom is -0.368 e. The molecule has 0 bridgehead atoms. The van der Waals surface area contributed by atoms with E-state index in [9.17, 15) is 4.79 Å². The SMILES string of the molecule is O=C(C1CCCO1)N1CCc2ccc(Cl)cc2C1. The van der Waals surface area contributed by atoms with Gasteiger partial charge in [-0.2, -0.15) is 0 Å². The first-order valence-electron chi connectivity index (χ1n) is 6.42. The van der Waals surface area contributed by atoms with Crippen molar-refractivity contribution in [2.45, 2.75) is 31.9 Å². The van der Waals surface area contributed by atoms with Crippen LogP contribution in [0.3, 0.4) is 0 Å². The van der Waals surface area contributed by atoms with Gasteiger partial charge in [0, 0.05) is 24.7 Å². The molecule has 1 unspecified atom stereocenters. The van der Waals surface area contributed by atoms with Crippen molar-refractivity contribution in [2.75, 3.05) is 13.2 Å². The molecule has 1 saturated heterocycles. The Labute approximate surface area is 112 Å². The molecule has 1 atom stereocenters. The highest BCUT2D eigenvalue weighted by atomic mass is 35.5. The Morgan fingerprint density at radius 2 is 2.28 bits per heavy atom. The highest BCUT2D eigenvalue weighted by molar-refractivity contribution is 6.30. The molecule has 0 aliphatic carbocycles. The molecule has 0 N–H and O–H groups in total. The van der Waals surface area contributed by atoms with Crippen molar-refractivity contribution >= 4 is 17.5 Å². The highest BCUT2D eigenvalue weighted by Gasteiger charge is 2.30. The fourth-order valence-corrected chi connectivity index (χ4v) is 2.88. The van der Waals surface area contributed by atoms with Crippen LogP contribution in [0.5, 0.6) is 0 Å². The summed E-state index contributed by atoms with van der Waals surface area (Å²) in [4.78, 5) is 14.2. The zero-order valence-electron chi connectivity index (χ0n) is 10.2. The Bertz CT molecular complexity index is 469. The van der Waals surface area contributed by atoms with E-state index in [4.69, 9.17) is 16.3 Å². The lowest BCUT2D eigenvalue weighted by Crippen LogP contribution is -2.41. The molecule has 2 aliphatic heterocycles. The lowest BCUT2D eigenvalue weighted by atomic mass is 9.99. The molecule has 3 nitrogen and oxygen atoms in total. The Balaban J connectivity index is 1.75. The standard InChI is InChI=1S/C14H16ClNO2/c15-12-4-3-10-5-6-16(9-11(10)8-12)14(17)13-2-1-7-18-13/h3-4,8,13H,1-2,5-7,9H2. The van der Waals surface area contributed by atoms with Gasteiger partial charge in [-0.1, -0.05) is 17.7 Å². The molecule has 96 valence electrons. The Morgan fingerprint density at radius 3 is 3.06 bits per heavy atom. The molecular weight excluding hydrogens is 250 g/mol. The zero-order chi connectivity index (χ0) is 12.5. The van der Waals surface area contributed by atoms with Gasteiger partial charge in [-0.05, 0) is 42.5 Å². The summed E-state index contributed by atoms with van der Waals surface area (Å²) in [5, 5.41) is 0.736. The molecule has 1 aromatic carbocycles. The summed E-state index contributed by atoms with van der Waals surface area (Å²) < 4.78 is 5.46. The van der Waals surface area contributed by atoms with E-state index in [2.05, 4.69) is 6.07 Å². The van der Waals surface area contributed by atoms with Crippen molar-refractivity contribution in [2.24, 2.45) is 0 Å². The molecule has 18 heavy (non-hydrogen) atoms. The van der Waals surface area contributed by atoms with Crippen molar-refractivity contribution in [3.05, 3.63) is 34.3 Å². The van der Waals surface area contributed by atoms with E-state index in [1.165, 1.54) is 11.1 Å². The maximum atomic E-state index is 12.3. The first-order valence-corrected chi connectivity index (χ1v) is 6.79. The largest absolute Gasteiger partial charge is 0.368 e. The van der Waals surface area contributed by atoms with Crippen LogP contribution in [0.15, 0.2) is 18.2 Å². The fraction of sp³-hybridized carbons (Fsp3) is 0.500. The number of fused-ring (bicyclic) bond motifs is 1. The van der Waals surface area contributed by atoms with Crippen LogP contribution < -0.4 is 0 Å². The monoisotopic (exact) mass is 265 g/mol. The van der Waals surface area contributed by atoms with Crippen molar-refractivity contribution < 1.29 is 9.53 Å². The minimum atomic E-state index is -0.217. The maximum Gasteiger partial charge on any atom is 0.252 e. The van der Waals surface area contributed by atoms with Crippen LogP contribution in [0.25, 0.3) is 0 Å². The van der Waals surface area contributed by atoms with Gasteiger partial charge in [0.2, 0.25) is 0 Å². The third-order valence-corrected chi connectivity index (χ3v) is 3.93. The number of rotatable bonds is 1. The Kier molecular flexibility index (Phi) is 3.27. The predicted molar refractivity (Wildman–Crippen MR) is 69.5 cm³/mol. The highest BCUT2D eigenvalue weighted by Crippen LogP contribution is 2.24. The Hall–Kier alpha value is -1.06. The number of hydrogen-bond donors (Lipinski definition) is 0. The van der Waals surface area contributed by atoms with E-state index in [1.54, 1.807) is 0 Å². The lowest BCUT2D eigenvalue weighted by molar-refractivity contribution is -0.141. The average Bonchev–Trinajstić information content (AvgIpc) is 2.90. The van der Waals surface area contributed by atoms with Gasteiger partial charge in [0.1, 0.15) is 6.10 Å². The molecule has 0 aromatic heterocycles. The summed E-state index contributed by atoms with van der Waals surface area (Å²) in [7, 11) is 0. The summed E-state index contributed by atoms with van der Waals surface area (Å²) in [6.45, 7) is 2.16.